The predicted octanol–water partition coefficient (Wildman–Crippen LogP) is 1.12. The van der Waals surface area contributed by atoms with E-state index in [2.05, 4.69) is 16.0 Å². The van der Waals surface area contributed by atoms with Crippen molar-refractivity contribution in [2.45, 2.75) is 68.1 Å². The molecular formula is C43H59N5O15S3. The molecule has 1 unspecified atom stereocenters. The van der Waals surface area contributed by atoms with Gasteiger partial charge in [0, 0.05) is 88.5 Å². The van der Waals surface area contributed by atoms with Crippen LogP contribution >= 0.6 is 33.3 Å². The van der Waals surface area contributed by atoms with Crippen LogP contribution in [-0.2, 0) is 78.1 Å². The van der Waals surface area contributed by atoms with Crippen LogP contribution < -0.4 is 16.0 Å². The van der Waals surface area contributed by atoms with Crippen molar-refractivity contribution < 1.29 is 71.6 Å². The number of hydrogen-bond acceptors (Lipinski definition) is 18. The molecular weight excluding hydrogens is 923 g/mol. The second kappa shape index (κ2) is 30.2. The molecule has 4 rings (SSSR count). The van der Waals surface area contributed by atoms with Crippen molar-refractivity contribution in [1.82, 2.24) is 20.4 Å². The van der Waals surface area contributed by atoms with Gasteiger partial charge >= 0.3 is 0 Å². The number of carbonyl (C=O) groups is 10. The Hall–Kier alpha value is -4.23. The molecule has 3 fully saturated rings. The van der Waals surface area contributed by atoms with Gasteiger partial charge in [0.15, 0.2) is 5.78 Å². The lowest BCUT2D eigenvalue weighted by Crippen LogP contribution is -2.47. The molecule has 66 heavy (non-hydrogen) atoms. The average molecular weight is 982 g/mol. The molecule has 2 atom stereocenters. The van der Waals surface area contributed by atoms with Crippen molar-refractivity contribution in [3.8, 4) is 0 Å². The van der Waals surface area contributed by atoms with E-state index in [4.69, 9.17) is 23.7 Å². The highest BCUT2D eigenvalue weighted by Crippen LogP contribution is 2.53. The summed E-state index contributed by atoms with van der Waals surface area (Å²) in [6, 6.07) is 6.84. The number of rotatable bonds is 36. The first kappa shape index (κ1) is 54.4. The molecule has 20 nitrogen and oxygen atoms in total. The third kappa shape index (κ3) is 21.2. The molecule has 0 aliphatic carbocycles. The van der Waals surface area contributed by atoms with Gasteiger partial charge in [0.1, 0.15) is 29.4 Å². The van der Waals surface area contributed by atoms with Crippen LogP contribution in [0.4, 0.5) is 5.69 Å². The number of hydrogen-bond donors (Lipinski definition) is 3. The number of likely N-dealkylation sites (tertiary alicyclic amines) is 2. The summed E-state index contributed by atoms with van der Waals surface area (Å²) in [5.74, 6) is -3.54. The van der Waals surface area contributed by atoms with Crippen molar-refractivity contribution >= 4 is 97.7 Å². The van der Waals surface area contributed by atoms with Gasteiger partial charge in [-0.3, -0.25) is 57.7 Å². The lowest BCUT2D eigenvalue weighted by atomic mass is 9.97. The molecule has 0 saturated carbocycles. The number of imide groups is 2. The summed E-state index contributed by atoms with van der Waals surface area (Å²) in [6.07, 6.45) is 1.24. The minimum absolute atomic E-state index is 0.0353. The summed E-state index contributed by atoms with van der Waals surface area (Å²) in [6.45, 7) is 3.85. The molecule has 3 N–H and O–H groups in total. The van der Waals surface area contributed by atoms with Crippen molar-refractivity contribution in [3.63, 3.8) is 0 Å². The topological polar surface area (TPSA) is 259 Å². The second-order valence-corrected chi connectivity index (χ2v) is 19.4. The molecule has 7 amide bonds. The molecule has 0 bridgehead atoms. The Balaban J connectivity index is 0.963. The first-order valence-corrected chi connectivity index (χ1v) is 25.1. The first-order valence-electron chi connectivity index (χ1n) is 21.8. The van der Waals surface area contributed by atoms with E-state index in [9.17, 15) is 47.9 Å². The molecule has 3 aliphatic heterocycles. The fraction of sp³-hybridized carbons (Fsp3) is 0.628. The number of amides is 7. The van der Waals surface area contributed by atoms with E-state index in [1.165, 1.54) is 11.8 Å². The van der Waals surface area contributed by atoms with Crippen LogP contribution in [0.1, 0.15) is 57.4 Å². The third-order valence-corrected chi connectivity index (χ3v) is 13.5. The zero-order valence-corrected chi connectivity index (χ0v) is 39.5. The number of nitrogens with zero attached hydrogens (tertiary/aromatic N) is 2. The second-order valence-electron chi connectivity index (χ2n) is 15.3. The highest BCUT2D eigenvalue weighted by Gasteiger charge is 2.39. The molecule has 1 aromatic rings. The molecule has 3 aliphatic rings. The van der Waals surface area contributed by atoms with Crippen LogP contribution in [0.5, 0.6) is 0 Å². The van der Waals surface area contributed by atoms with E-state index >= 15 is 0 Å². The maximum atomic E-state index is 12.9. The Morgan fingerprint density at radius 3 is 2.02 bits per heavy atom. The SMILES string of the molecule is CC(=O)[C@@H](CNC(=O)COCC(=O)Nc1ccc(CCC(=O)N2CCC2=O)cc1)CC(=O)CCSC1CC(=O)N(CCC(=O)NCCOCCOCCOCCOCCC(=O)C2SS2)C1=O. The number of benzene rings is 1. The van der Waals surface area contributed by atoms with Gasteiger partial charge in [-0.1, -0.05) is 33.7 Å². The number of ether oxygens (including phenoxy) is 5. The van der Waals surface area contributed by atoms with E-state index in [1.807, 2.05) is 0 Å². The summed E-state index contributed by atoms with van der Waals surface area (Å²) in [7, 11) is 3.15. The molecule has 1 aromatic carbocycles. The Bertz CT molecular complexity index is 1850. The lowest BCUT2D eigenvalue weighted by molar-refractivity contribution is -0.152. The minimum atomic E-state index is -0.792. The number of carbonyl (C=O) groups excluding carboxylic acids is 10. The zero-order valence-electron chi connectivity index (χ0n) is 37.0. The molecule has 0 aromatic heterocycles. The standard InChI is InChI=1S/C43H59N5O15S3/c1-29(49)31(26-45-37(53)27-63-28-38(54)46-32-5-2-30(3-6-32)4-7-39(55)47-14-9-40(47)56)24-33(50)11-23-64-35-25-41(57)48(42(35)58)13-8-36(52)44-12-16-60-18-20-62-22-21-61-19-17-59-15-10-34(51)43-65-66-43/h2-3,5-6,31,35,43H,4,7-28H2,1H3,(H,44,52)(H,45,53)(H,46,54)/t31-,35?/m1/s1. The Labute approximate surface area is 395 Å². The Morgan fingerprint density at radius 1 is 0.742 bits per heavy atom. The smallest absolute Gasteiger partial charge is 0.250 e. The predicted molar refractivity (Wildman–Crippen MR) is 244 cm³/mol. The van der Waals surface area contributed by atoms with Gasteiger partial charge in [-0.05, 0) is 31.0 Å². The molecule has 23 heteroatoms. The summed E-state index contributed by atoms with van der Waals surface area (Å²) in [5.41, 5.74) is 1.35. The molecule has 3 saturated heterocycles. The van der Waals surface area contributed by atoms with Crippen molar-refractivity contribution in [2.75, 3.05) is 103 Å². The number of thioether (sulfide) groups is 1. The van der Waals surface area contributed by atoms with Crippen LogP contribution in [0.2, 0.25) is 0 Å². The van der Waals surface area contributed by atoms with Crippen LogP contribution in [0, 0.1) is 5.92 Å². The first-order chi connectivity index (χ1) is 31.8. The van der Waals surface area contributed by atoms with Gasteiger partial charge in [-0.2, -0.15) is 0 Å². The van der Waals surface area contributed by atoms with Crippen molar-refractivity contribution in [1.29, 1.82) is 0 Å². The van der Waals surface area contributed by atoms with Gasteiger partial charge in [0.25, 0.3) is 0 Å². The quantitative estimate of drug-likeness (QED) is 0.0280. The number of Topliss-reactive ketones (excluding diaryl/α,β-unsaturated/α-hetero) is 3. The van der Waals surface area contributed by atoms with Crippen LogP contribution in [0.15, 0.2) is 24.3 Å². The number of anilines is 1. The summed E-state index contributed by atoms with van der Waals surface area (Å²) < 4.78 is 27.0. The highest BCUT2D eigenvalue weighted by atomic mass is 33.2. The molecule has 364 valence electrons. The monoisotopic (exact) mass is 981 g/mol. The third-order valence-electron chi connectivity index (χ3n) is 10.2. The van der Waals surface area contributed by atoms with Gasteiger partial charge in [0.2, 0.25) is 41.4 Å². The van der Waals surface area contributed by atoms with Gasteiger partial charge < -0.3 is 39.6 Å². The average Bonchev–Trinajstić information content (AvgIpc) is 4.10. The van der Waals surface area contributed by atoms with E-state index in [-0.39, 0.29) is 104 Å². The van der Waals surface area contributed by atoms with Crippen molar-refractivity contribution in [3.05, 3.63) is 29.8 Å². The fourth-order valence-corrected chi connectivity index (χ4v) is 8.74. The largest absolute Gasteiger partial charge is 0.379 e. The summed E-state index contributed by atoms with van der Waals surface area (Å²) in [5, 5.41) is 7.19. The number of nitrogens with one attached hydrogen (secondary N) is 3. The molecule has 0 spiro atoms. The lowest BCUT2D eigenvalue weighted by Gasteiger charge is -2.28. The zero-order chi connectivity index (χ0) is 47.7. The summed E-state index contributed by atoms with van der Waals surface area (Å²) in [4.78, 5) is 125. The molecule has 0 radical (unpaired) electrons. The Kier molecular flexibility index (Phi) is 24.9. The number of ketones is 3. The van der Waals surface area contributed by atoms with E-state index < -0.39 is 48.0 Å². The molecule has 3 heterocycles. The number of aryl methyl sites for hydroxylation is 1. The van der Waals surface area contributed by atoms with Gasteiger partial charge in [-0.15, -0.1) is 11.8 Å². The van der Waals surface area contributed by atoms with Crippen LogP contribution in [0.25, 0.3) is 0 Å². The van der Waals surface area contributed by atoms with E-state index in [0.717, 1.165) is 22.2 Å². The van der Waals surface area contributed by atoms with E-state index in [0.29, 0.717) is 77.7 Å². The van der Waals surface area contributed by atoms with Crippen molar-refractivity contribution in [2.24, 2.45) is 5.92 Å². The van der Waals surface area contributed by atoms with Crippen LogP contribution in [0.3, 0.4) is 0 Å². The fourth-order valence-electron chi connectivity index (χ4n) is 6.26. The highest BCUT2D eigenvalue weighted by molar-refractivity contribution is 8.93. The van der Waals surface area contributed by atoms with E-state index in [1.54, 1.807) is 45.9 Å². The summed E-state index contributed by atoms with van der Waals surface area (Å²) >= 11 is 1.16. The van der Waals surface area contributed by atoms with Gasteiger partial charge in [-0.25, -0.2) is 0 Å². The number of β-lactam (4-membered cyclic amide) rings is 1. The van der Waals surface area contributed by atoms with Crippen LogP contribution in [-0.4, -0.2) is 176 Å². The maximum Gasteiger partial charge on any atom is 0.250 e. The Morgan fingerprint density at radius 2 is 1.39 bits per heavy atom. The van der Waals surface area contributed by atoms with Gasteiger partial charge in [0.05, 0.1) is 58.1 Å². The maximum absolute atomic E-state index is 12.9. The minimum Gasteiger partial charge on any atom is -0.379 e. The normalized spacial score (nSPS) is 16.2.